The third-order valence-corrected chi connectivity index (χ3v) is 4.74. The molecule has 1 aliphatic heterocycles. The second-order valence-electron chi connectivity index (χ2n) is 7.08. The summed E-state index contributed by atoms with van der Waals surface area (Å²) in [6.45, 7) is 6.35. The minimum atomic E-state index is -0.483. The second kappa shape index (κ2) is 6.96. The highest BCUT2D eigenvalue weighted by Gasteiger charge is 2.27. The minimum absolute atomic E-state index is 0.0566. The fraction of sp³-hybridized carbons (Fsp3) is 0.350. The smallest absolute Gasteiger partial charge is 0.226 e. The van der Waals surface area contributed by atoms with Crippen LogP contribution in [0.5, 0.6) is 0 Å². The highest BCUT2D eigenvalue weighted by atomic mass is 35.5. The summed E-state index contributed by atoms with van der Waals surface area (Å²) in [5, 5.41) is 7.11. The van der Waals surface area contributed by atoms with Crippen molar-refractivity contribution < 1.29 is 4.79 Å². The lowest BCUT2D eigenvalue weighted by Gasteiger charge is -2.24. The Morgan fingerprint density at radius 2 is 1.92 bits per heavy atom. The molecule has 1 aliphatic rings. The summed E-state index contributed by atoms with van der Waals surface area (Å²) < 4.78 is 0. The Morgan fingerprint density at radius 3 is 2.71 bits per heavy atom. The molecule has 0 atom stereocenters. The maximum Gasteiger partial charge on any atom is 0.226 e. The number of amides is 1. The quantitative estimate of drug-likeness (QED) is 0.867. The molecule has 0 saturated heterocycles. The SMILES string of the molecule is CC(C)(Cc1cccc(Cl)c1)C(=O)NCc1ccc2c(c1)CNC2. The second-order valence-corrected chi connectivity index (χ2v) is 7.52. The first-order valence-electron chi connectivity index (χ1n) is 8.28. The van der Waals surface area contributed by atoms with Crippen molar-refractivity contribution in [1.82, 2.24) is 10.6 Å². The molecule has 0 aromatic heterocycles. The van der Waals surface area contributed by atoms with E-state index < -0.39 is 5.41 Å². The Bertz CT molecular complexity index is 755. The number of rotatable bonds is 5. The maximum absolute atomic E-state index is 12.6. The molecule has 4 heteroatoms. The van der Waals surface area contributed by atoms with Gasteiger partial charge in [-0.25, -0.2) is 0 Å². The van der Waals surface area contributed by atoms with Gasteiger partial charge in [0.1, 0.15) is 0 Å². The Hall–Kier alpha value is -1.84. The van der Waals surface area contributed by atoms with E-state index in [1.807, 2.05) is 38.1 Å². The molecular weight excluding hydrogens is 320 g/mol. The van der Waals surface area contributed by atoms with Crippen molar-refractivity contribution in [1.29, 1.82) is 0 Å². The van der Waals surface area contributed by atoms with Gasteiger partial charge in [0.15, 0.2) is 0 Å². The lowest BCUT2D eigenvalue weighted by atomic mass is 9.84. The summed E-state index contributed by atoms with van der Waals surface area (Å²) in [7, 11) is 0. The Balaban J connectivity index is 1.61. The predicted octanol–water partition coefficient (Wildman–Crippen LogP) is 3.83. The summed E-state index contributed by atoms with van der Waals surface area (Å²) in [6.07, 6.45) is 0.660. The molecule has 1 amide bonds. The summed E-state index contributed by atoms with van der Waals surface area (Å²) in [6, 6.07) is 14.1. The van der Waals surface area contributed by atoms with Crippen LogP contribution < -0.4 is 10.6 Å². The summed E-state index contributed by atoms with van der Waals surface area (Å²) in [5.74, 6) is 0.0566. The molecule has 0 aliphatic carbocycles. The van der Waals surface area contributed by atoms with Crippen LogP contribution in [0.25, 0.3) is 0 Å². The molecule has 0 saturated carbocycles. The fourth-order valence-electron chi connectivity index (χ4n) is 3.12. The van der Waals surface area contributed by atoms with E-state index in [0.29, 0.717) is 18.0 Å². The lowest BCUT2D eigenvalue weighted by molar-refractivity contribution is -0.129. The van der Waals surface area contributed by atoms with Crippen LogP contribution in [0.3, 0.4) is 0 Å². The third kappa shape index (κ3) is 3.97. The number of carbonyl (C=O) groups is 1. The van der Waals surface area contributed by atoms with Gasteiger partial charge in [0.25, 0.3) is 0 Å². The maximum atomic E-state index is 12.6. The summed E-state index contributed by atoms with van der Waals surface area (Å²) in [4.78, 5) is 12.6. The van der Waals surface area contributed by atoms with Crippen LogP contribution in [-0.4, -0.2) is 5.91 Å². The van der Waals surface area contributed by atoms with Crippen molar-refractivity contribution in [3.63, 3.8) is 0 Å². The van der Waals surface area contributed by atoms with Crippen LogP contribution >= 0.6 is 11.6 Å². The predicted molar refractivity (Wildman–Crippen MR) is 97.8 cm³/mol. The van der Waals surface area contributed by atoms with Gasteiger partial charge in [0, 0.05) is 30.1 Å². The minimum Gasteiger partial charge on any atom is -0.352 e. The topological polar surface area (TPSA) is 41.1 Å². The lowest BCUT2D eigenvalue weighted by Crippen LogP contribution is -2.38. The Labute approximate surface area is 148 Å². The number of benzene rings is 2. The van der Waals surface area contributed by atoms with Crippen molar-refractivity contribution in [3.05, 3.63) is 69.7 Å². The zero-order valence-corrected chi connectivity index (χ0v) is 14.9. The van der Waals surface area contributed by atoms with Gasteiger partial charge < -0.3 is 10.6 Å². The van der Waals surface area contributed by atoms with E-state index in [1.54, 1.807) is 0 Å². The molecule has 2 N–H and O–H groups in total. The largest absolute Gasteiger partial charge is 0.352 e. The first kappa shape index (κ1) is 17.0. The molecular formula is C20H23ClN2O. The highest BCUT2D eigenvalue weighted by Crippen LogP contribution is 2.24. The van der Waals surface area contributed by atoms with Gasteiger partial charge in [-0.15, -0.1) is 0 Å². The van der Waals surface area contributed by atoms with Gasteiger partial charge in [0.2, 0.25) is 5.91 Å². The van der Waals surface area contributed by atoms with Crippen molar-refractivity contribution in [2.24, 2.45) is 5.41 Å². The van der Waals surface area contributed by atoms with Crippen LogP contribution in [0.4, 0.5) is 0 Å². The molecule has 0 radical (unpaired) electrons. The van der Waals surface area contributed by atoms with E-state index in [2.05, 4.69) is 28.8 Å². The van der Waals surface area contributed by atoms with Gasteiger partial charge in [0.05, 0.1) is 0 Å². The molecule has 2 aromatic rings. The summed E-state index contributed by atoms with van der Waals surface area (Å²) in [5.41, 5.74) is 4.42. The van der Waals surface area contributed by atoms with Crippen LogP contribution in [0.15, 0.2) is 42.5 Å². The molecule has 1 heterocycles. The van der Waals surface area contributed by atoms with Gasteiger partial charge in [-0.05, 0) is 40.8 Å². The van der Waals surface area contributed by atoms with Gasteiger partial charge in [-0.1, -0.05) is 55.8 Å². The van der Waals surface area contributed by atoms with E-state index in [-0.39, 0.29) is 5.91 Å². The van der Waals surface area contributed by atoms with Crippen LogP contribution in [-0.2, 0) is 30.8 Å². The zero-order chi connectivity index (χ0) is 17.2. The monoisotopic (exact) mass is 342 g/mol. The molecule has 3 rings (SSSR count). The standard InChI is InChI=1S/C20H23ClN2O/c1-20(2,10-14-4-3-5-18(21)9-14)19(24)23-11-15-6-7-16-12-22-13-17(16)8-15/h3-9,22H,10-13H2,1-2H3,(H,23,24). The van der Waals surface area contributed by atoms with Gasteiger partial charge >= 0.3 is 0 Å². The molecule has 0 unspecified atom stereocenters. The average molecular weight is 343 g/mol. The molecule has 3 nitrogen and oxygen atoms in total. The zero-order valence-electron chi connectivity index (χ0n) is 14.2. The molecule has 24 heavy (non-hydrogen) atoms. The van der Waals surface area contributed by atoms with Crippen molar-refractivity contribution in [2.75, 3.05) is 0 Å². The average Bonchev–Trinajstić information content (AvgIpc) is 2.99. The number of fused-ring (bicyclic) bond motifs is 1. The van der Waals surface area contributed by atoms with Crippen molar-refractivity contribution in [2.45, 2.75) is 39.9 Å². The van der Waals surface area contributed by atoms with Crippen LogP contribution in [0, 0.1) is 5.41 Å². The number of hydrogen-bond acceptors (Lipinski definition) is 2. The van der Waals surface area contributed by atoms with E-state index in [1.165, 1.54) is 11.1 Å². The molecule has 0 fully saturated rings. The fourth-order valence-corrected chi connectivity index (χ4v) is 3.33. The number of halogens is 1. The number of hydrogen-bond donors (Lipinski definition) is 2. The number of nitrogens with one attached hydrogen (secondary N) is 2. The first-order valence-corrected chi connectivity index (χ1v) is 8.66. The normalized spacial score (nSPS) is 13.6. The van der Waals surface area contributed by atoms with Gasteiger partial charge in [-0.3, -0.25) is 4.79 Å². The Morgan fingerprint density at radius 1 is 1.12 bits per heavy atom. The van der Waals surface area contributed by atoms with Crippen LogP contribution in [0.1, 0.15) is 36.1 Å². The van der Waals surface area contributed by atoms with E-state index in [0.717, 1.165) is 24.2 Å². The molecule has 0 bridgehead atoms. The van der Waals surface area contributed by atoms with Gasteiger partial charge in [-0.2, -0.15) is 0 Å². The molecule has 126 valence electrons. The Kier molecular flexibility index (Phi) is 4.93. The van der Waals surface area contributed by atoms with Crippen molar-refractivity contribution in [3.8, 4) is 0 Å². The summed E-state index contributed by atoms with van der Waals surface area (Å²) >= 11 is 6.04. The van der Waals surface area contributed by atoms with E-state index in [4.69, 9.17) is 11.6 Å². The van der Waals surface area contributed by atoms with Crippen LogP contribution in [0.2, 0.25) is 5.02 Å². The molecule has 2 aromatic carbocycles. The molecule has 0 spiro atoms. The van der Waals surface area contributed by atoms with E-state index in [9.17, 15) is 4.79 Å². The highest BCUT2D eigenvalue weighted by molar-refractivity contribution is 6.30. The first-order chi connectivity index (χ1) is 11.4. The van der Waals surface area contributed by atoms with E-state index >= 15 is 0 Å². The number of carbonyl (C=O) groups excluding carboxylic acids is 1. The third-order valence-electron chi connectivity index (χ3n) is 4.50. The van der Waals surface area contributed by atoms with Crippen molar-refractivity contribution >= 4 is 17.5 Å².